The third kappa shape index (κ3) is 4.06. The number of rotatable bonds is 5. The van der Waals surface area contributed by atoms with Crippen LogP contribution in [0.1, 0.15) is 34.1 Å². The molecule has 0 spiro atoms. The molecule has 7 heteroatoms. The van der Waals surface area contributed by atoms with E-state index in [1.807, 2.05) is 6.92 Å². The van der Waals surface area contributed by atoms with Gasteiger partial charge in [0.25, 0.3) is 11.8 Å². The Labute approximate surface area is 145 Å². The summed E-state index contributed by atoms with van der Waals surface area (Å²) in [7, 11) is 0. The van der Waals surface area contributed by atoms with Crippen LogP contribution >= 0.6 is 0 Å². The second-order valence-corrected chi connectivity index (χ2v) is 5.53. The molecule has 1 aliphatic heterocycles. The molecule has 25 heavy (non-hydrogen) atoms. The number of carbonyl (C=O) groups is 2. The standard InChI is InChI=1S/C18H19N3O4/c1-2-5-20-17(22)12-8-13(11-19-10-12)18(23)21-14-3-4-15-16(9-14)25-7-6-24-15/h3-4,8-11H,2,5-7H2,1H3,(H,20,22)(H,21,23). The maximum atomic E-state index is 12.4. The zero-order valence-electron chi connectivity index (χ0n) is 13.9. The summed E-state index contributed by atoms with van der Waals surface area (Å²) in [5, 5.41) is 5.53. The molecular formula is C18H19N3O4. The number of nitrogens with zero attached hydrogens (tertiary/aromatic N) is 1. The van der Waals surface area contributed by atoms with Crippen molar-refractivity contribution in [2.45, 2.75) is 13.3 Å². The molecule has 0 atom stereocenters. The lowest BCUT2D eigenvalue weighted by Crippen LogP contribution is -2.24. The van der Waals surface area contributed by atoms with Gasteiger partial charge in [-0.15, -0.1) is 0 Å². The molecular weight excluding hydrogens is 322 g/mol. The number of aromatic nitrogens is 1. The van der Waals surface area contributed by atoms with Crippen LogP contribution in [0.4, 0.5) is 5.69 Å². The number of pyridine rings is 1. The Morgan fingerprint density at radius 1 is 1.04 bits per heavy atom. The minimum absolute atomic E-state index is 0.247. The van der Waals surface area contributed by atoms with Crippen LogP contribution in [-0.4, -0.2) is 36.6 Å². The van der Waals surface area contributed by atoms with E-state index in [-0.39, 0.29) is 11.8 Å². The number of amides is 2. The Hall–Kier alpha value is -3.09. The fraction of sp³-hybridized carbons (Fsp3) is 0.278. The monoisotopic (exact) mass is 341 g/mol. The summed E-state index contributed by atoms with van der Waals surface area (Å²) >= 11 is 0. The quantitative estimate of drug-likeness (QED) is 0.870. The van der Waals surface area contributed by atoms with Gasteiger partial charge in [-0.1, -0.05) is 6.92 Å². The van der Waals surface area contributed by atoms with Gasteiger partial charge in [-0.25, -0.2) is 0 Å². The minimum atomic E-state index is -0.352. The summed E-state index contributed by atoms with van der Waals surface area (Å²) in [6.45, 7) is 3.53. The lowest BCUT2D eigenvalue weighted by Gasteiger charge is -2.19. The Kier molecular flexibility index (Phi) is 5.13. The highest BCUT2D eigenvalue weighted by Crippen LogP contribution is 2.32. The van der Waals surface area contributed by atoms with Gasteiger partial charge in [-0.05, 0) is 24.6 Å². The van der Waals surface area contributed by atoms with E-state index in [0.717, 1.165) is 6.42 Å². The van der Waals surface area contributed by atoms with Gasteiger partial charge < -0.3 is 20.1 Å². The number of nitrogens with one attached hydrogen (secondary N) is 2. The van der Waals surface area contributed by atoms with Crippen LogP contribution in [0.3, 0.4) is 0 Å². The van der Waals surface area contributed by atoms with E-state index in [2.05, 4.69) is 15.6 Å². The Morgan fingerprint density at radius 3 is 2.52 bits per heavy atom. The van der Waals surface area contributed by atoms with Crippen molar-refractivity contribution in [3.63, 3.8) is 0 Å². The molecule has 1 aromatic carbocycles. The highest BCUT2D eigenvalue weighted by molar-refractivity contribution is 6.06. The van der Waals surface area contributed by atoms with E-state index in [0.29, 0.717) is 48.1 Å². The molecule has 0 fully saturated rings. The Balaban J connectivity index is 1.72. The predicted octanol–water partition coefficient (Wildman–Crippen LogP) is 2.24. The Morgan fingerprint density at radius 2 is 1.76 bits per heavy atom. The maximum absolute atomic E-state index is 12.4. The smallest absolute Gasteiger partial charge is 0.257 e. The first-order valence-corrected chi connectivity index (χ1v) is 8.11. The molecule has 1 aliphatic rings. The number of hydrogen-bond acceptors (Lipinski definition) is 5. The van der Waals surface area contributed by atoms with Gasteiger partial charge in [0, 0.05) is 30.7 Å². The van der Waals surface area contributed by atoms with Crippen molar-refractivity contribution in [3.05, 3.63) is 47.8 Å². The van der Waals surface area contributed by atoms with Crippen molar-refractivity contribution in [1.29, 1.82) is 0 Å². The van der Waals surface area contributed by atoms with Gasteiger partial charge >= 0.3 is 0 Å². The van der Waals surface area contributed by atoms with Crippen molar-refractivity contribution in [1.82, 2.24) is 10.3 Å². The third-order valence-electron chi connectivity index (χ3n) is 3.60. The average Bonchev–Trinajstić information content (AvgIpc) is 2.66. The van der Waals surface area contributed by atoms with Gasteiger partial charge in [-0.2, -0.15) is 0 Å². The summed E-state index contributed by atoms with van der Waals surface area (Å²) in [5.74, 6) is 0.646. The van der Waals surface area contributed by atoms with Gasteiger partial charge in [0.2, 0.25) is 0 Å². The summed E-state index contributed by atoms with van der Waals surface area (Å²) in [5.41, 5.74) is 1.23. The molecule has 130 valence electrons. The first-order chi connectivity index (χ1) is 12.2. The van der Waals surface area contributed by atoms with E-state index in [4.69, 9.17) is 9.47 Å². The van der Waals surface area contributed by atoms with E-state index in [1.54, 1.807) is 18.2 Å². The van der Waals surface area contributed by atoms with Crippen LogP contribution in [0, 0.1) is 0 Å². The van der Waals surface area contributed by atoms with E-state index in [9.17, 15) is 9.59 Å². The van der Waals surface area contributed by atoms with Gasteiger partial charge in [0.15, 0.2) is 11.5 Å². The zero-order chi connectivity index (χ0) is 17.6. The number of benzene rings is 1. The zero-order valence-corrected chi connectivity index (χ0v) is 13.9. The number of hydrogen-bond donors (Lipinski definition) is 2. The average molecular weight is 341 g/mol. The lowest BCUT2D eigenvalue weighted by atomic mass is 10.1. The molecule has 1 aromatic heterocycles. The van der Waals surface area contributed by atoms with E-state index >= 15 is 0 Å². The number of anilines is 1. The molecule has 2 amide bonds. The Bertz CT molecular complexity index is 792. The topological polar surface area (TPSA) is 89.6 Å². The summed E-state index contributed by atoms with van der Waals surface area (Å²) < 4.78 is 10.9. The van der Waals surface area contributed by atoms with Crippen LogP contribution in [0.15, 0.2) is 36.7 Å². The second-order valence-electron chi connectivity index (χ2n) is 5.53. The molecule has 2 heterocycles. The fourth-order valence-electron chi connectivity index (χ4n) is 2.35. The molecule has 0 saturated carbocycles. The first kappa shape index (κ1) is 16.8. The molecule has 0 bridgehead atoms. The SMILES string of the molecule is CCCNC(=O)c1cncc(C(=O)Nc2ccc3c(c2)OCCO3)c1. The number of carbonyl (C=O) groups excluding carboxylic acids is 2. The third-order valence-corrected chi connectivity index (χ3v) is 3.60. The molecule has 2 N–H and O–H groups in total. The van der Waals surface area contributed by atoms with Gasteiger partial charge in [0.05, 0.1) is 11.1 Å². The van der Waals surface area contributed by atoms with Crippen LogP contribution < -0.4 is 20.1 Å². The normalized spacial score (nSPS) is 12.4. The van der Waals surface area contributed by atoms with Crippen LogP contribution in [0.5, 0.6) is 11.5 Å². The summed E-state index contributed by atoms with van der Waals surface area (Å²) in [4.78, 5) is 28.4. The van der Waals surface area contributed by atoms with Gasteiger partial charge in [0.1, 0.15) is 13.2 Å². The largest absolute Gasteiger partial charge is 0.486 e. The fourth-order valence-corrected chi connectivity index (χ4v) is 2.35. The molecule has 0 saturated heterocycles. The van der Waals surface area contributed by atoms with Crippen LogP contribution in [-0.2, 0) is 0 Å². The lowest BCUT2D eigenvalue weighted by molar-refractivity contribution is 0.0953. The molecule has 0 radical (unpaired) electrons. The summed E-state index contributed by atoms with van der Waals surface area (Å²) in [6.07, 6.45) is 3.69. The van der Waals surface area contributed by atoms with Crippen LogP contribution in [0.25, 0.3) is 0 Å². The first-order valence-electron chi connectivity index (χ1n) is 8.11. The summed E-state index contributed by atoms with van der Waals surface area (Å²) in [6, 6.07) is 6.70. The number of ether oxygens (including phenoxy) is 2. The van der Waals surface area contributed by atoms with Crippen molar-refractivity contribution in [3.8, 4) is 11.5 Å². The predicted molar refractivity (Wildman–Crippen MR) is 92.2 cm³/mol. The minimum Gasteiger partial charge on any atom is -0.486 e. The van der Waals surface area contributed by atoms with Crippen LogP contribution in [0.2, 0.25) is 0 Å². The number of fused-ring (bicyclic) bond motifs is 1. The van der Waals surface area contributed by atoms with E-state index < -0.39 is 0 Å². The highest BCUT2D eigenvalue weighted by Gasteiger charge is 2.15. The van der Waals surface area contributed by atoms with Gasteiger partial charge in [-0.3, -0.25) is 14.6 Å². The van der Waals surface area contributed by atoms with Crippen molar-refractivity contribution in [2.75, 3.05) is 25.1 Å². The maximum Gasteiger partial charge on any atom is 0.257 e. The molecule has 2 aromatic rings. The molecule has 3 rings (SSSR count). The van der Waals surface area contributed by atoms with Crippen molar-refractivity contribution < 1.29 is 19.1 Å². The highest BCUT2D eigenvalue weighted by atomic mass is 16.6. The molecule has 0 unspecified atom stereocenters. The van der Waals surface area contributed by atoms with Crippen molar-refractivity contribution in [2.24, 2.45) is 0 Å². The van der Waals surface area contributed by atoms with Crippen molar-refractivity contribution >= 4 is 17.5 Å². The molecule has 0 aliphatic carbocycles. The molecule has 7 nitrogen and oxygen atoms in total. The second kappa shape index (κ2) is 7.65. The van der Waals surface area contributed by atoms with E-state index in [1.165, 1.54) is 18.5 Å².